The summed E-state index contributed by atoms with van der Waals surface area (Å²) in [6, 6.07) is 0. The number of phosphoric acid groups is 1. The highest BCUT2D eigenvalue weighted by Gasteiger charge is 2.63. The van der Waals surface area contributed by atoms with Gasteiger partial charge in [0.1, 0.15) is 29.7 Å². The molecule has 8 heterocycles. The standard InChI is InChI=1S/C22H25N10O9P/c23-15-12-16(26-6-25-15)31(7-27-12)20-14-9-1-2-36-11-3-10(41-42(34,35)38-5-22(9,40-20)4-37-14)19(39-11)32-8-28-13-17(32)29-21(24)30-18(13)33/h6-11,14,19-20H,1-5H2,(H,34,35)(H2,23,25,26)(H3,24,29,30,33)/t9?,10-,11-,14?,19?,20?,22+/m0/s1. The second-order valence-electron chi connectivity index (χ2n) is 10.6. The van der Waals surface area contributed by atoms with Crippen molar-refractivity contribution in [1.82, 2.24) is 39.0 Å². The van der Waals surface area contributed by atoms with Gasteiger partial charge >= 0.3 is 7.82 Å². The first kappa shape index (κ1) is 26.1. The number of aromatic nitrogens is 8. The molecule has 4 aromatic heterocycles. The predicted molar refractivity (Wildman–Crippen MR) is 138 cm³/mol. The Bertz CT molecular complexity index is 1810. The number of imidazole rings is 2. The van der Waals surface area contributed by atoms with Crippen molar-refractivity contribution in [2.75, 3.05) is 31.3 Å². The number of nitrogens with zero attached hydrogens (tertiary/aromatic N) is 7. The average molecular weight is 604 g/mol. The number of aromatic amines is 1. The van der Waals surface area contributed by atoms with Crippen molar-refractivity contribution in [3.63, 3.8) is 0 Å². The molecule has 0 amide bonds. The molecule has 4 bridgehead atoms. The van der Waals surface area contributed by atoms with Crippen molar-refractivity contribution >= 4 is 41.9 Å². The summed E-state index contributed by atoms with van der Waals surface area (Å²) in [5.74, 6) is -0.186. The van der Waals surface area contributed by atoms with E-state index in [9.17, 15) is 14.3 Å². The quantitative estimate of drug-likeness (QED) is 0.212. The van der Waals surface area contributed by atoms with E-state index >= 15 is 0 Å². The van der Waals surface area contributed by atoms with Gasteiger partial charge in [-0.3, -0.25) is 28.0 Å². The van der Waals surface area contributed by atoms with Gasteiger partial charge in [0.25, 0.3) is 5.56 Å². The highest BCUT2D eigenvalue weighted by molar-refractivity contribution is 7.47. The van der Waals surface area contributed by atoms with Crippen LogP contribution in [0.1, 0.15) is 25.3 Å². The summed E-state index contributed by atoms with van der Waals surface area (Å²) in [6.45, 7) is 0.0706. The van der Waals surface area contributed by atoms with Gasteiger partial charge in [0.05, 0.1) is 32.5 Å². The molecule has 0 aliphatic carbocycles. The van der Waals surface area contributed by atoms with Crippen molar-refractivity contribution in [3.8, 4) is 0 Å². The van der Waals surface area contributed by atoms with Gasteiger partial charge in [-0.05, 0) is 6.42 Å². The Hall–Kier alpha value is -3.55. The number of nitrogens with two attached hydrogens (primary N) is 2. The lowest BCUT2D eigenvalue weighted by Crippen LogP contribution is -2.43. The number of H-pyrrole nitrogens is 1. The van der Waals surface area contributed by atoms with E-state index in [1.807, 2.05) is 0 Å². The zero-order valence-corrected chi connectivity index (χ0v) is 22.6. The molecular formula is C22H25N10O9P. The maximum absolute atomic E-state index is 13.3. The third-order valence-electron chi connectivity index (χ3n) is 8.12. The largest absolute Gasteiger partial charge is 0.472 e. The molecular weight excluding hydrogens is 579 g/mol. The maximum Gasteiger partial charge on any atom is 0.472 e. The summed E-state index contributed by atoms with van der Waals surface area (Å²) >= 11 is 0. The molecule has 19 nitrogen and oxygen atoms in total. The zero-order valence-electron chi connectivity index (χ0n) is 21.7. The van der Waals surface area contributed by atoms with Gasteiger partial charge < -0.3 is 35.3 Å². The zero-order chi connectivity index (χ0) is 28.8. The van der Waals surface area contributed by atoms with Crippen molar-refractivity contribution in [2.45, 2.75) is 49.4 Å². The van der Waals surface area contributed by atoms with Crippen molar-refractivity contribution in [2.24, 2.45) is 5.92 Å². The normalized spacial score (nSPS) is 36.7. The Labute approximate surface area is 234 Å². The van der Waals surface area contributed by atoms with Gasteiger partial charge in [0.15, 0.2) is 41.4 Å². The van der Waals surface area contributed by atoms with E-state index in [0.29, 0.717) is 17.6 Å². The summed E-state index contributed by atoms with van der Waals surface area (Å²) in [6.07, 6.45) is 0.769. The number of nitrogens with one attached hydrogen (secondary N) is 1. The number of hydrogen-bond acceptors (Lipinski definition) is 15. The van der Waals surface area contributed by atoms with Crippen molar-refractivity contribution in [3.05, 3.63) is 29.3 Å². The first-order chi connectivity index (χ1) is 20.2. The van der Waals surface area contributed by atoms with Crippen LogP contribution in [0, 0.1) is 5.92 Å². The fraction of sp³-hybridized carbons (Fsp3) is 0.545. The van der Waals surface area contributed by atoms with Crippen LogP contribution < -0.4 is 17.0 Å². The second kappa shape index (κ2) is 9.22. The molecule has 0 aromatic carbocycles. The molecule has 8 rings (SSSR count). The van der Waals surface area contributed by atoms with E-state index < -0.39 is 49.9 Å². The second-order valence-corrected chi connectivity index (χ2v) is 12.0. The number of fused-ring (bicyclic) bond motifs is 4. The highest BCUT2D eigenvalue weighted by atomic mass is 31.2. The van der Waals surface area contributed by atoms with Crippen LogP contribution >= 0.6 is 7.82 Å². The number of phosphoric ester groups is 1. The van der Waals surface area contributed by atoms with Crippen LogP contribution in [-0.4, -0.2) is 87.9 Å². The summed E-state index contributed by atoms with van der Waals surface area (Å²) in [4.78, 5) is 46.3. The Morgan fingerprint density at radius 3 is 2.71 bits per heavy atom. The molecule has 222 valence electrons. The van der Waals surface area contributed by atoms with Crippen molar-refractivity contribution < 1.29 is 37.5 Å². The fourth-order valence-electron chi connectivity index (χ4n) is 6.25. The molecule has 4 aliphatic rings. The molecule has 0 radical (unpaired) electrons. The third kappa shape index (κ3) is 3.97. The van der Waals surface area contributed by atoms with Gasteiger partial charge in [-0.1, -0.05) is 0 Å². The van der Waals surface area contributed by atoms with Gasteiger partial charge in [0.2, 0.25) is 5.95 Å². The Morgan fingerprint density at radius 1 is 1.05 bits per heavy atom. The number of nitrogen functional groups attached to an aromatic ring is 2. The lowest BCUT2D eigenvalue weighted by molar-refractivity contribution is -0.183. The van der Waals surface area contributed by atoms with Crippen LogP contribution in [0.4, 0.5) is 11.8 Å². The molecule has 8 atom stereocenters. The number of anilines is 2. The predicted octanol–water partition coefficient (Wildman–Crippen LogP) is -0.426. The van der Waals surface area contributed by atoms with Crippen LogP contribution in [0.25, 0.3) is 22.3 Å². The van der Waals surface area contributed by atoms with Crippen LogP contribution in [-0.2, 0) is 32.6 Å². The first-order valence-electron chi connectivity index (χ1n) is 13.1. The van der Waals surface area contributed by atoms with Crippen molar-refractivity contribution in [1.29, 1.82) is 0 Å². The van der Waals surface area contributed by atoms with E-state index in [1.54, 1.807) is 10.9 Å². The van der Waals surface area contributed by atoms with E-state index in [1.165, 1.54) is 17.2 Å². The minimum absolute atomic E-state index is 0.0201. The van der Waals surface area contributed by atoms with E-state index in [0.717, 1.165) is 0 Å². The van der Waals surface area contributed by atoms with Gasteiger partial charge in [-0.25, -0.2) is 24.5 Å². The molecule has 0 spiro atoms. The smallest absolute Gasteiger partial charge is 0.382 e. The summed E-state index contributed by atoms with van der Waals surface area (Å²) in [7, 11) is -4.69. The van der Waals surface area contributed by atoms with E-state index in [4.69, 9.17) is 39.5 Å². The third-order valence-corrected chi connectivity index (χ3v) is 9.11. The molecule has 42 heavy (non-hydrogen) atoms. The van der Waals surface area contributed by atoms with Crippen LogP contribution in [0.2, 0.25) is 0 Å². The van der Waals surface area contributed by atoms with Gasteiger partial charge in [-0.15, -0.1) is 0 Å². The molecule has 4 saturated heterocycles. The minimum Gasteiger partial charge on any atom is -0.382 e. The number of ether oxygens (including phenoxy) is 4. The lowest BCUT2D eigenvalue weighted by atomic mass is 9.87. The molecule has 20 heteroatoms. The van der Waals surface area contributed by atoms with Crippen LogP contribution in [0.5, 0.6) is 0 Å². The SMILES string of the molecule is Nc1nc2c(ncn2C2O[C@H]3C[C@@H]2OP(=O)(O)OC[C@@]24COC(C(n5cnc6c(N)ncnc65)O2)C4CCO3)c(=O)[nH]1. The minimum atomic E-state index is -4.69. The Balaban J connectivity index is 1.09. The monoisotopic (exact) mass is 604 g/mol. The average Bonchev–Trinajstić information content (AvgIpc) is 3.75. The maximum atomic E-state index is 13.3. The van der Waals surface area contributed by atoms with E-state index in [-0.39, 0.29) is 55.1 Å². The summed E-state index contributed by atoms with van der Waals surface area (Å²) in [5.41, 5.74) is 11.1. The Morgan fingerprint density at radius 2 is 1.86 bits per heavy atom. The summed E-state index contributed by atoms with van der Waals surface area (Å²) in [5, 5.41) is 0. The van der Waals surface area contributed by atoms with Gasteiger partial charge in [0, 0.05) is 12.3 Å². The number of rotatable bonds is 2. The lowest BCUT2D eigenvalue weighted by Gasteiger charge is -2.32. The molecule has 5 unspecified atom stereocenters. The molecule has 4 fully saturated rings. The van der Waals surface area contributed by atoms with Crippen LogP contribution in [0.15, 0.2) is 23.8 Å². The van der Waals surface area contributed by atoms with Crippen LogP contribution in [0.3, 0.4) is 0 Å². The highest BCUT2D eigenvalue weighted by Crippen LogP contribution is 2.56. The van der Waals surface area contributed by atoms with E-state index in [2.05, 4.69) is 29.9 Å². The number of hydrogen-bond donors (Lipinski definition) is 4. The Kier molecular flexibility index (Phi) is 5.73. The molecule has 6 N–H and O–H groups in total. The topological polar surface area (TPSA) is 252 Å². The molecule has 4 aliphatic heterocycles. The van der Waals surface area contributed by atoms with Gasteiger partial charge in [-0.2, -0.15) is 4.98 Å². The molecule has 0 saturated carbocycles. The summed E-state index contributed by atoms with van der Waals surface area (Å²) < 4.78 is 52.4. The first-order valence-corrected chi connectivity index (χ1v) is 14.6. The molecule has 4 aromatic rings. The fourth-order valence-corrected chi connectivity index (χ4v) is 7.23.